The van der Waals surface area contributed by atoms with E-state index in [0.29, 0.717) is 26.2 Å². The number of nitrogens with zero attached hydrogens (tertiary/aromatic N) is 3. The third kappa shape index (κ3) is 5.96. The average Bonchev–Trinajstić information content (AvgIpc) is 2.69. The van der Waals surface area contributed by atoms with E-state index in [0.717, 1.165) is 18.5 Å². The van der Waals surface area contributed by atoms with Gasteiger partial charge in [0.25, 0.3) is 0 Å². The van der Waals surface area contributed by atoms with E-state index in [1.807, 2.05) is 4.90 Å². The van der Waals surface area contributed by atoms with Gasteiger partial charge in [0.1, 0.15) is 6.54 Å². The lowest BCUT2D eigenvalue weighted by molar-refractivity contribution is -0.135. The van der Waals surface area contributed by atoms with Crippen LogP contribution in [-0.2, 0) is 11.3 Å². The molecule has 1 aromatic carbocycles. The fourth-order valence-electron chi connectivity index (χ4n) is 3.76. The van der Waals surface area contributed by atoms with Gasteiger partial charge in [-0.2, -0.15) is 0 Å². The summed E-state index contributed by atoms with van der Waals surface area (Å²) in [4.78, 5) is 30.7. The number of piperazine rings is 1. The number of piperidine rings is 1. The van der Waals surface area contributed by atoms with Crippen LogP contribution in [0.4, 0.5) is 4.79 Å². The van der Waals surface area contributed by atoms with Gasteiger partial charge < -0.3 is 20.0 Å². The lowest BCUT2D eigenvalue weighted by atomic mass is 10.1. The Morgan fingerprint density at radius 3 is 2.48 bits per heavy atom. The van der Waals surface area contributed by atoms with E-state index in [2.05, 4.69) is 41.4 Å². The zero-order valence-electron chi connectivity index (χ0n) is 16.5. The molecule has 0 saturated carbocycles. The number of carbonyl (C=O) groups is 2. The topological polar surface area (TPSA) is 55.9 Å². The van der Waals surface area contributed by atoms with Crippen LogP contribution in [0.3, 0.4) is 0 Å². The number of rotatable bonds is 6. The molecule has 0 bridgehead atoms. The maximum Gasteiger partial charge on any atom is 0.317 e. The van der Waals surface area contributed by atoms with Gasteiger partial charge in [0.2, 0.25) is 5.91 Å². The molecule has 2 heterocycles. The molecule has 148 valence electrons. The van der Waals surface area contributed by atoms with Crippen LogP contribution in [0.15, 0.2) is 24.3 Å². The molecule has 27 heavy (non-hydrogen) atoms. The van der Waals surface area contributed by atoms with Gasteiger partial charge in [-0.05, 0) is 51.4 Å². The van der Waals surface area contributed by atoms with Crippen LogP contribution < -0.4 is 5.32 Å². The SMILES string of the molecule is Cc1ccc(CN2CCN(C(=O)NCCCN3CCCCC3)CC2=O)cc1. The molecule has 0 radical (unpaired) electrons. The molecule has 2 fully saturated rings. The third-order valence-electron chi connectivity index (χ3n) is 5.48. The number of hydrogen-bond acceptors (Lipinski definition) is 3. The van der Waals surface area contributed by atoms with Crippen LogP contribution in [0.25, 0.3) is 0 Å². The van der Waals surface area contributed by atoms with Crippen molar-refractivity contribution in [3.8, 4) is 0 Å². The van der Waals surface area contributed by atoms with Crippen LogP contribution in [0.2, 0.25) is 0 Å². The summed E-state index contributed by atoms with van der Waals surface area (Å²) in [7, 11) is 0. The lowest BCUT2D eigenvalue weighted by Crippen LogP contribution is -2.54. The number of nitrogens with one attached hydrogen (secondary N) is 1. The van der Waals surface area contributed by atoms with Crippen molar-refractivity contribution in [2.45, 2.75) is 39.2 Å². The van der Waals surface area contributed by atoms with E-state index >= 15 is 0 Å². The summed E-state index contributed by atoms with van der Waals surface area (Å²) in [5.41, 5.74) is 2.34. The molecule has 3 rings (SSSR count). The predicted molar refractivity (Wildman–Crippen MR) is 106 cm³/mol. The number of benzene rings is 1. The van der Waals surface area contributed by atoms with Crippen molar-refractivity contribution in [1.29, 1.82) is 0 Å². The summed E-state index contributed by atoms with van der Waals surface area (Å²) in [5.74, 6) is 0.0188. The highest BCUT2D eigenvalue weighted by Gasteiger charge is 2.26. The average molecular weight is 373 g/mol. The van der Waals surface area contributed by atoms with Crippen molar-refractivity contribution < 1.29 is 9.59 Å². The van der Waals surface area contributed by atoms with E-state index in [-0.39, 0.29) is 18.5 Å². The van der Waals surface area contributed by atoms with E-state index in [1.54, 1.807) is 4.90 Å². The van der Waals surface area contributed by atoms with Gasteiger partial charge in [0.15, 0.2) is 0 Å². The van der Waals surface area contributed by atoms with Crippen LogP contribution in [0, 0.1) is 6.92 Å². The van der Waals surface area contributed by atoms with E-state index in [9.17, 15) is 9.59 Å². The first-order chi connectivity index (χ1) is 13.1. The molecular formula is C21H32N4O2. The van der Waals surface area contributed by atoms with Crippen LogP contribution >= 0.6 is 0 Å². The third-order valence-corrected chi connectivity index (χ3v) is 5.48. The molecule has 2 aliphatic heterocycles. The molecule has 0 spiro atoms. The summed E-state index contributed by atoms with van der Waals surface area (Å²) in [5, 5.41) is 2.97. The number of urea groups is 1. The van der Waals surface area contributed by atoms with E-state index in [4.69, 9.17) is 0 Å². The largest absolute Gasteiger partial charge is 0.338 e. The zero-order chi connectivity index (χ0) is 19.1. The molecule has 6 nitrogen and oxygen atoms in total. The summed E-state index contributed by atoms with van der Waals surface area (Å²) >= 11 is 0. The first kappa shape index (κ1) is 19.7. The first-order valence-corrected chi connectivity index (χ1v) is 10.2. The van der Waals surface area contributed by atoms with Gasteiger partial charge in [0, 0.05) is 26.2 Å². The minimum atomic E-state index is -0.114. The lowest BCUT2D eigenvalue weighted by Gasteiger charge is -2.34. The summed E-state index contributed by atoms with van der Waals surface area (Å²) in [6, 6.07) is 8.13. The number of hydrogen-bond donors (Lipinski definition) is 1. The second-order valence-corrected chi connectivity index (χ2v) is 7.71. The van der Waals surface area contributed by atoms with Crippen LogP contribution in [-0.4, -0.2) is 72.5 Å². The highest BCUT2D eigenvalue weighted by atomic mass is 16.2. The van der Waals surface area contributed by atoms with E-state index < -0.39 is 0 Å². The molecule has 0 aliphatic carbocycles. The maximum absolute atomic E-state index is 12.4. The van der Waals surface area contributed by atoms with Crippen LogP contribution in [0.5, 0.6) is 0 Å². The molecule has 3 amide bonds. The molecule has 1 N–H and O–H groups in total. The Bertz CT molecular complexity index is 626. The fourth-order valence-corrected chi connectivity index (χ4v) is 3.76. The minimum Gasteiger partial charge on any atom is -0.338 e. The standard InChI is InChI=1S/C21H32N4O2/c1-18-6-8-19(9-7-18)16-24-14-15-25(17-20(24)26)21(27)22-10-5-13-23-11-3-2-4-12-23/h6-9H,2-5,10-17H2,1H3,(H,22,27). The van der Waals surface area contributed by atoms with Gasteiger partial charge in [0.05, 0.1) is 0 Å². The number of carbonyl (C=O) groups excluding carboxylic acids is 2. The first-order valence-electron chi connectivity index (χ1n) is 10.2. The van der Waals surface area contributed by atoms with Gasteiger partial charge in [-0.1, -0.05) is 36.2 Å². The molecule has 6 heteroatoms. The number of amides is 3. The monoisotopic (exact) mass is 372 g/mol. The van der Waals surface area contributed by atoms with Crippen molar-refractivity contribution in [3.05, 3.63) is 35.4 Å². The second kappa shape index (κ2) is 9.74. The maximum atomic E-state index is 12.4. The van der Waals surface area contributed by atoms with E-state index in [1.165, 1.54) is 37.9 Å². The van der Waals surface area contributed by atoms with Crippen molar-refractivity contribution >= 4 is 11.9 Å². The Balaban J connectivity index is 1.36. The molecular weight excluding hydrogens is 340 g/mol. The number of aryl methyl sites for hydroxylation is 1. The van der Waals surface area contributed by atoms with Gasteiger partial charge in [-0.25, -0.2) is 4.79 Å². The number of likely N-dealkylation sites (tertiary alicyclic amines) is 1. The summed E-state index contributed by atoms with van der Waals surface area (Å²) < 4.78 is 0. The highest BCUT2D eigenvalue weighted by Crippen LogP contribution is 2.11. The quantitative estimate of drug-likeness (QED) is 0.779. The summed E-state index contributed by atoms with van der Waals surface area (Å²) in [6.07, 6.45) is 4.90. The van der Waals surface area contributed by atoms with Crippen molar-refractivity contribution in [2.24, 2.45) is 0 Å². The minimum absolute atomic E-state index is 0.0188. The Hall–Kier alpha value is -2.08. The van der Waals surface area contributed by atoms with Crippen LogP contribution in [0.1, 0.15) is 36.8 Å². The Kier molecular flexibility index (Phi) is 7.10. The fraction of sp³-hybridized carbons (Fsp3) is 0.619. The van der Waals surface area contributed by atoms with Gasteiger partial charge >= 0.3 is 6.03 Å². The molecule has 0 atom stereocenters. The highest BCUT2D eigenvalue weighted by molar-refractivity contribution is 5.85. The van der Waals surface area contributed by atoms with Gasteiger partial charge in [-0.3, -0.25) is 4.79 Å². The van der Waals surface area contributed by atoms with Crippen molar-refractivity contribution in [2.75, 3.05) is 45.8 Å². The molecule has 2 saturated heterocycles. The molecule has 2 aliphatic rings. The molecule has 1 aromatic rings. The Morgan fingerprint density at radius 2 is 1.78 bits per heavy atom. The zero-order valence-corrected chi connectivity index (χ0v) is 16.5. The molecule has 0 aromatic heterocycles. The smallest absolute Gasteiger partial charge is 0.317 e. The van der Waals surface area contributed by atoms with Gasteiger partial charge in [-0.15, -0.1) is 0 Å². The summed E-state index contributed by atoms with van der Waals surface area (Å²) in [6.45, 7) is 8.12. The Labute approximate surface area is 162 Å². The second-order valence-electron chi connectivity index (χ2n) is 7.71. The predicted octanol–water partition coefficient (Wildman–Crippen LogP) is 2.22. The normalized spacial score (nSPS) is 18.6. The van der Waals surface area contributed by atoms with Crippen molar-refractivity contribution in [1.82, 2.24) is 20.0 Å². The Morgan fingerprint density at radius 1 is 1.04 bits per heavy atom. The molecule has 0 unspecified atom stereocenters. The van der Waals surface area contributed by atoms with Crippen molar-refractivity contribution in [3.63, 3.8) is 0 Å².